The molecule has 0 aliphatic heterocycles. The van der Waals surface area contributed by atoms with Gasteiger partial charge >= 0.3 is 6.18 Å². The molecule has 0 aromatic heterocycles. The Balaban J connectivity index is 4.93. The van der Waals surface area contributed by atoms with E-state index in [1.807, 2.05) is 27.7 Å². The van der Waals surface area contributed by atoms with Crippen molar-refractivity contribution in [3.05, 3.63) is 0 Å². The van der Waals surface area contributed by atoms with Gasteiger partial charge in [-0.05, 0) is 19.8 Å². The molecule has 0 heterocycles. The van der Waals surface area contributed by atoms with Crippen LogP contribution in [0, 0.1) is 11.8 Å². The largest absolute Gasteiger partial charge is 0.409 e. The van der Waals surface area contributed by atoms with Crippen molar-refractivity contribution in [1.82, 2.24) is 4.90 Å². The van der Waals surface area contributed by atoms with Gasteiger partial charge in [-0.2, -0.15) is 13.2 Å². The van der Waals surface area contributed by atoms with Crippen LogP contribution in [0.15, 0.2) is 5.16 Å². The van der Waals surface area contributed by atoms with Crippen LogP contribution in [0.4, 0.5) is 13.2 Å². The predicted molar refractivity (Wildman–Crippen MR) is 64.5 cm³/mol. The third kappa shape index (κ3) is 5.57. The first kappa shape index (κ1) is 17.0. The van der Waals surface area contributed by atoms with Gasteiger partial charge in [0.1, 0.15) is 5.92 Å². The molecule has 1 unspecified atom stereocenters. The molecule has 0 amide bonds. The highest BCUT2D eigenvalue weighted by atomic mass is 19.4. The lowest BCUT2D eigenvalue weighted by molar-refractivity contribution is -0.161. The molecule has 3 N–H and O–H groups in total. The van der Waals surface area contributed by atoms with Crippen LogP contribution >= 0.6 is 0 Å². The molecule has 0 radical (unpaired) electrons. The zero-order chi connectivity index (χ0) is 14.5. The van der Waals surface area contributed by atoms with E-state index in [9.17, 15) is 13.2 Å². The minimum absolute atomic E-state index is 0.0382. The van der Waals surface area contributed by atoms with E-state index >= 15 is 0 Å². The summed E-state index contributed by atoms with van der Waals surface area (Å²) in [6, 6.07) is -0.0382. The van der Waals surface area contributed by atoms with Crippen molar-refractivity contribution in [3.8, 4) is 0 Å². The molecule has 108 valence electrons. The number of rotatable bonds is 6. The average molecular weight is 269 g/mol. The first-order chi connectivity index (χ1) is 8.09. The third-order valence-electron chi connectivity index (χ3n) is 2.61. The topological polar surface area (TPSA) is 61.8 Å². The van der Waals surface area contributed by atoms with E-state index in [2.05, 4.69) is 5.16 Å². The second-order valence-electron chi connectivity index (χ2n) is 5.06. The molecule has 0 bridgehead atoms. The van der Waals surface area contributed by atoms with Crippen molar-refractivity contribution < 1.29 is 18.4 Å². The number of hydrogen-bond donors (Lipinski definition) is 2. The van der Waals surface area contributed by atoms with E-state index in [-0.39, 0.29) is 18.5 Å². The zero-order valence-corrected chi connectivity index (χ0v) is 11.2. The normalized spacial score (nSPS) is 15.8. The highest BCUT2D eigenvalue weighted by Crippen LogP contribution is 2.28. The van der Waals surface area contributed by atoms with Gasteiger partial charge in [-0.3, -0.25) is 4.90 Å². The lowest BCUT2D eigenvalue weighted by atomic mass is 10.1. The Kier molecular flexibility index (Phi) is 6.45. The molecule has 0 saturated carbocycles. The van der Waals surface area contributed by atoms with E-state index in [0.29, 0.717) is 6.54 Å². The van der Waals surface area contributed by atoms with E-state index < -0.39 is 17.9 Å². The number of halogens is 3. The Labute approximate surface area is 106 Å². The molecule has 0 rings (SSSR count). The van der Waals surface area contributed by atoms with Gasteiger partial charge in [0.2, 0.25) is 0 Å². The summed E-state index contributed by atoms with van der Waals surface area (Å²) in [7, 11) is 0. The van der Waals surface area contributed by atoms with Crippen LogP contribution < -0.4 is 5.73 Å². The van der Waals surface area contributed by atoms with Crippen molar-refractivity contribution in [1.29, 1.82) is 0 Å². The lowest BCUT2D eigenvalue weighted by Crippen LogP contribution is -2.47. The Hall–Kier alpha value is -0.980. The highest BCUT2D eigenvalue weighted by Gasteiger charge is 2.44. The van der Waals surface area contributed by atoms with Gasteiger partial charge in [0, 0.05) is 19.1 Å². The maximum absolute atomic E-state index is 12.8. The van der Waals surface area contributed by atoms with Gasteiger partial charge in [-0.15, -0.1) is 0 Å². The fraction of sp³-hybridized carbons (Fsp3) is 0.909. The van der Waals surface area contributed by atoms with Gasteiger partial charge in [-0.25, -0.2) is 0 Å². The molecule has 0 aliphatic rings. The number of nitrogens with two attached hydrogens (primary N) is 1. The first-order valence-corrected chi connectivity index (χ1v) is 5.87. The molecule has 0 saturated heterocycles. The molecule has 0 aromatic carbocycles. The summed E-state index contributed by atoms with van der Waals surface area (Å²) in [6.07, 6.45) is -4.51. The predicted octanol–water partition coefficient (Wildman–Crippen LogP) is 2.28. The summed E-state index contributed by atoms with van der Waals surface area (Å²) >= 11 is 0. The molecule has 4 nitrogen and oxygen atoms in total. The monoisotopic (exact) mass is 269 g/mol. The van der Waals surface area contributed by atoms with E-state index in [4.69, 9.17) is 10.9 Å². The number of hydrogen-bond acceptors (Lipinski definition) is 3. The van der Waals surface area contributed by atoms with Crippen molar-refractivity contribution in [2.75, 3.05) is 13.1 Å². The number of amidine groups is 1. The Morgan fingerprint density at radius 2 is 1.72 bits per heavy atom. The SMILES string of the molecule is CC(C)CN(CC(C(N)=NO)C(F)(F)F)C(C)C. The Morgan fingerprint density at radius 1 is 1.22 bits per heavy atom. The molecule has 0 aliphatic carbocycles. The summed E-state index contributed by atoms with van der Waals surface area (Å²) < 4.78 is 38.5. The molecule has 0 aromatic rings. The summed E-state index contributed by atoms with van der Waals surface area (Å²) in [5.41, 5.74) is 5.14. The first-order valence-electron chi connectivity index (χ1n) is 5.87. The second-order valence-corrected chi connectivity index (χ2v) is 5.06. The maximum atomic E-state index is 12.8. The third-order valence-corrected chi connectivity index (χ3v) is 2.61. The Bertz CT molecular complexity index is 277. The van der Waals surface area contributed by atoms with Crippen molar-refractivity contribution in [3.63, 3.8) is 0 Å². The smallest absolute Gasteiger partial charge is 0.400 e. The number of nitrogens with zero attached hydrogens (tertiary/aromatic N) is 2. The molecule has 1 atom stereocenters. The van der Waals surface area contributed by atoms with Crippen LogP contribution in [0.1, 0.15) is 27.7 Å². The summed E-state index contributed by atoms with van der Waals surface area (Å²) in [6.45, 7) is 7.74. The van der Waals surface area contributed by atoms with Crippen molar-refractivity contribution >= 4 is 5.84 Å². The fourth-order valence-corrected chi connectivity index (χ4v) is 1.63. The molecular weight excluding hydrogens is 247 g/mol. The van der Waals surface area contributed by atoms with E-state index in [1.54, 1.807) is 4.90 Å². The minimum atomic E-state index is -4.51. The maximum Gasteiger partial charge on any atom is 0.400 e. The van der Waals surface area contributed by atoms with E-state index in [0.717, 1.165) is 0 Å². The molecular formula is C11H22F3N3O. The van der Waals surface area contributed by atoms with E-state index in [1.165, 1.54) is 0 Å². The average Bonchev–Trinajstić information content (AvgIpc) is 2.20. The molecule has 0 fully saturated rings. The quantitative estimate of drug-likeness (QED) is 0.336. The van der Waals surface area contributed by atoms with Crippen molar-refractivity contribution in [2.45, 2.75) is 39.9 Å². The molecule has 0 spiro atoms. The minimum Gasteiger partial charge on any atom is -0.409 e. The lowest BCUT2D eigenvalue weighted by Gasteiger charge is -2.32. The van der Waals surface area contributed by atoms with Crippen LogP contribution in [0.3, 0.4) is 0 Å². The Morgan fingerprint density at radius 3 is 2.00 bits per heavy atom. The summed E-state index contributed by atoms with van der Waals surface area (Å²) in [5, 5.41) is 10.9. The fourth-order valence-electron chi connectivity index (χ4n) is 1.63. The van der Waals surface area contributed by atoms with Gasteiger partial charge in [0.15, 0.2) is 5.84 Å². The highest BCUT2D eigenvalue weighted by molar-refractivity contribution is 5.83. The van der Waals surface area contributed by atoms with Crippen LogP contribution in [0.2, 0.25) is 0 Å². The standard InChI is InChI=1S/C11H22F3N3O/c1-7(2)5-17(8(3)4)6-9(10(15)16-18)11(12,13)14/h7-9,18H,5-6H2,1-4H3,(H2,15,16). The van der Waals surface area contributed by atoms with Gasteiger partial charge in [0.25, 0.3) is 0 Å². The van der Waals surface area contributed by atoms with Gasteiger partial charge in [-0.1, -0.05) is 19.0 Å². The molecule has 18 heavy (non-hydrogen) atoms. The summed E-state index contributed by atoms with van der Waals surface area (Å²) in [5.74, 6) is -2.49. The molecule has 7 heteroatoms. The zero-order valence-electron chi connectivity index (χ0n) is 11.2. The van der Waals surface area contributed by atoms with Gasteiger partial charge < -0.3 is 10.9 Å². The number of oxime groups is 1. The second kappa shape index (κ2) is 6.82. The van der Waals surface area contributed by atoms with Crippen molar-refractivity contribution in [2.24, 2.45) is 22.7 Å². The number of alkyl halides is 3. The van der Waals surface area contributed by atoms with Crippen LogP contribution in [0.5, 0.6) is 0 Å². The van der Waals surface area contributed by atoms with Gasteiger partial charge in [0.05, 0.1) is 0 Å². The van der Waals surface area contributed by atoms with Crippen LogP contribution in [0.25, 0.3) is 0 Å². The van der Waals surface area contributed by atoms with Crippen LogP contribution in [-0.2, 0) is 0 Å². The van der Waals surface area contributed by atoms with Crippen LogP contribution in [-0.4, -0.2) is 41.3 Å². The summed E-state index contributed by atoms with van der Waals surface area (Å²) in [4.78, 5) is 1.68.